The Kier molecular flexibility index (Phi) is 8.33. The lowest BCUT2D eigenvalue weighted by Crippen LogP contribution is -2.45. The number of nitrogens with zero attached hydrogens (tertiary/aromatic N) is 1. The van der Waals surface area contributed by atoms with Crippen molar-refractivity contribution in [3.05, 3.63) is 47.8 Å². The molecule has 0 saturated heterocycles. The van der Waals surface area contributed by atoms with Crippen LogP contribution in [-0.2, 0) is 9.53 Å². The average molecular weight is 490 g/mol. The second kappa shape index (κ2) is 11.7. The van der Waals surface area contributed by atoms with Crippen LogP contribution in [0.3, 0.4) is 0 Å². The maximum absolute atomic E-state index is 12.5. The summed E-state index contributed by atoms with van der Waals surface area (Å²) in [6.45, 7) is 4.78. The minimum atomic E-state index is 0.0367. The molecule has 5 rings (SSSR count). The van der Waals surface area contributed by atoms with Crippen LogP contribution >= 0.6 is 0 Å². The Morgan fingerprint density at radius 3 is 2.67 bits per heavy atom. The molecule has 0 N–H and O–H groups in total. The topological polar surface area (TPSA) is 39.2 Å². The second-order valence-electron chi connectivity index (χ2n) is 12.4. The zero-order chi connectivity index (χ0) is 25.0. The quantitative estimate of drug-likeness (QED) is 0.187. The molecule has 0 aromatic carbocycles. The summed E-state index contributed by atoms with van der Waals surface area (Å²) in [7, 11) is 0. The minimum absolute atomic E-state index is 0.0367. The summed E-state index contributed by atoms with van der Waals surface area (Å²) in [6, 6.07) is 4.32. The predicted octanol–water partition coefficient (Wildman–Crippen LogP) is 8.70. The zero-order valence-corrected chi connectivity index (χ0v) is 22.7. The zero-order valence-electron chi connectivity index (χ0n) is 22.7. The monoisotopic (exact) mass is 489 g/mol. The minimum Gasteiger partial charge on any atom is -0.462 e. The van der Waals surface area contributed by atoms with Crippen LogP contribution in [-0.4, -0.2) is 17.1 Å². The summed E-state index contributed by atoms with van der Waals surface area (Å²) in [5.41, 5.74) is 4.77. The molecule has 196 valence electrons. The highest BCUT2D eigenvalue weighted by Gasteiger charge is 2.53. The Morgan fingerprint density at radius 1 is 1.03 bits per heavy atom. The van der Waals surface area contributed by atoms with Crippen LogP contribution in [0.2, 0.25) is 0 Å². The number of pyridine rings is 1. The number of esters is 1. The van der Waals surface area contributed by atoms with Crippen LogP contribution in [0.5, 0.6) is 0 Å². The van der Waals surface area contributed by atoms with E-state index in [4.69, 9.17) is 4.74 Å². The molecule has 4 aliphatic carbocycles. The lowest BCUT2D eigenvalue weighted by molar-refractivity contribution is -0.150. The molecule has 4 aliphatic rings. The molecule has 0 amide bonds. The molecule has 0 radical (unpaired) electrons. The fourth-order valence-electron chi connectivity index (χ4n) is 8.34. The molecule has 0 spiro atoms. The molecule has 2 fully saturated rings. The van der Waals surface area contributed by atoms with E-state index in [2.05, 4.69) is 49.3 Å². The lowest BCUT2D eigenvalue weighted by atomic mass is 9.51. The molecular weight excluding hydrogens is 442 g/mol. The third kappa shape index (κ3) is 5.36. The van der Waals surface area contributed by atoms with E-state index < -0.39 is 0 Å². The smallest absolute Gasteiger partial charge is 0.306 e. The first-order valence-electron chi connectivity index (χ1n) is 15.1. The molecule has 1 heterocycles. The number of rotatable bonds is 10. The largest absolute Gasteiger partial charge is 0.462 e. The lowest BCUT2D eigenvalue weighted by Gasteiger charge is -2.53. The fraction of sp³-hybridized carbons (Fsp3) is 0.697. The molecule has 0 bridgehead atoms. The Balaban J connectivity index is 1.13. The van der Waals surface area contributed by atoms with Gasteiger partial charge >= 0.3 is 5.97 Å². The van der Waals surface area contributed by atoms with Crippen LogP contribution < -0.4 is 0 Å². The normalized spacial score (nSPS) is 33.1. The highest BCUT2D eigenvalue weighted by Crippen LogP contribution is 2.63. The highest BCUT2D eigenvalue weighted by molar-refractivity contribution is 5.72. The molecule has 1 aromatic rings. The summed E-state index contributed by atoms with van der Waals surface area (Å²) in [5, 5.41) is 0. The van der Waals surface area contributed by atoms with Gasteiger partial charge in [-0.3, -0.25) is 9.78 Å². The van der Waals surface area contributed by atoms with Gasteiger partial charge in [-0.1, -0.05) is 76.2 Å². The molecule has 2 saturated carbocycles. The van der Waals surface area contributed by atoms with Gasteiger partial charge in [0.25, 0.3) is 0 Å². The predicted molar refractivity (Wildman–Crippen MR) is 147 cm³/mol. The molecule has 3 heteroatoms. The van der Waals surface area contributed by atoms with Gasteiger partial charge in [0.2, 0.25) is 0 Å². The number of hydrogen-bond acceptors (Lipinski definition) is 3. The Morgan fingerprint density at radius 2 is 1.86 bits per heavy atom. The third-order valence-electron chi connectivity index (χ3n) is 10.2. The van der Waals surface area contributed by atoms with Crippen molar-refractivity contribution in [2.24, 2.45) is 29.1 Å². The van der Waals surface area contributed by atoms with Crippen molar-refractivity contribution in [3.63, 3.8) is 0 Å². The van der Waals surface area contributed by atoms with Crippen molar-refractivity contribution >= 4 is 11.5 Å². The van der Waals surface area contributed by atoms with Crippen LogP contribution in [0.25, 0.3) is 5.57 Å². The molecule has 36 heavy (non-hydrogen) atoms. The number of ether oxygens (including phenoxy) is 1. The van der Waals surface area contributed by atoms with Gasteiger partial charge in [0, 0.05) is 25.2 Å². The highest BCUT2D eigenvalue weighted by atomic mass is 16.5. The number of fused-ring (bicyclic) bond motifs is 5. The summed E-state index contributed by atoms with van der Waals surface area (Å²) in [6.07, 6.45) is 26.7. The van der Waals surface area contributed by atoms with Gasteiger partial charge in [0.15, 0.2) is 0 Å². The van der Waals surface area contributed by atoms with E-state index >= 15 is 0 Å². The summed E-state index contributed by atoms with van der Waals surface area (Å²) < 4.78 is 5.98. The summed E-state index contributed by atoms with van der Waals surface area (Å²) in [4.78, 5) is 16.9. The summed E-state index contributed by atoms with van der Waals surface area (Å²) >= 11 is 0. The SMILES string of the molecule is CCCCCCCCCC(=O)O[C@H]1CC[C@H]2C(=CC[C@@H]3C2CC[C@]2(C)C(c4cccnc4)=CCC32)C1. The van der Waals surface area contributed by atoms with Gasteiger partial charge in [-0.25, -0.2) is 0 Å². The maximum Gasteiger partial charge on any atom is 0.306 e. The number of carbonyl (C=O) groups is 1. The molecule has 2 unspecified atom stereocenters. The van der Waals surface area contributed by atoms with Crippen LogP contribution in [0.1, 0.15) is 116 Å². The van der Waals surface area contributed by atoms with E-state index in [1.54, 1.807) is 11.1 Å². The van der Waals surface area contributed by atoms with Gasteiger partial charge in [0.05, 0.1) is 0 Å². The number of hydrogen-bond donors (Lipinski definition) is 0. The fourth-order valence-corrected chi connectivity index (χ4v) is 8.34. The van der Waals surface area contributed by atoms with E-state index in [1.165, 1.54) is 69.8 Å². The van der Waals surface area contributed by atoms with Crippen molar-refractivity contribution in [1.82, 2.24) is 4.98 Å². The standard InChI is InChI=1S/C33H47NO2/c1-3-4-5-6-7-8-9-12-32(35)36-26-14-16-27-24(22-26)13-15-29-28(27)19-20-33(2)30(17-18-31(29)33)25-11-10-21-34-23-25/h10-11,13,17,21,23,26-29,31H,3-9,12,14-16,18-20,22H2,1-2H3/t26-,27-,28?,29+,31?,33+/m0/s1. The number of unbranched alkanes of at least 4 members (excludes halogenated alkanes) is 6. The number of allylic oxidation sites excluding steroid dienone is 3. The van der Waals surface area contributed by atoms with Gasteiger partial charge in [-0.15, -0.1) is 0 Å². The van der Waals surface area contributed by atoms with Crippen molar-refractivity contribution < 1.29 is 9.53 Å². The van der Waals surface area contributed by atoms with Crippen molar-refractivity contribution in [1.29, 1.82) is 0 Å². The Bertz CT molecular complexity index is 950. The molecule has 0 aliphatic heterocycles. The maximum atomic E-state index is 12.5. The van der Waals surface area contributed by atoms with Crippen LogP contribution in [0.4, 0.5) is 0 Å². The molecule has 6 atom stereocenters. The molecular formula is C33H47NO2. The second-order valence-corrected chi connectivity index (χ2v) is 12.4. The van der Waals surface area contributed by atoms with E-state index in [1.807, 2.05) is 6.20 Å². The molecule has 1 aromatic heterocycles. The Labute approximate surface area is 219 Å². The number of aromatic nitrogens is 1. The van der Waals surface area contributed by atoms with Crippen LogP contribution in [0, 0.1) is 29.1 Å². The molecule has 3 nitrogen and oxygen atoms in total. The first-order chi connectivity index (χ1) is 17.6. The average Bonchev–Trinajstić information content (AvgIpc) is 3.25. The van der Waals surface area contributed by atoms with Crippen molar-refractivity contribution in [3.8, 4) is 0 Å². The van der Waals surface area contributed by atoms with Crippen molar-refractivity contribution in [2.75, 3.05) is 0 Å². The van der Waals surface area contributed by atoms with Gasteiger partial charge in [0.1, 0.15) is 6.10 Å². The van der Waals surface area contributed by atoms with E-state index in [0.717, 1.165) is 43.4 Å². The summed E-state index contributed by atoms with van der Waals surface area (Å²) in [5.74, 6) is 3.11. The van der Waals surface area contributed by atoms with Gasteiger partial charge in [-0.05, 0) is 91.2 Å². The van der Waals surface area contributed by atoms with E-state index in [9.17, 15) is 4.79 Å². The van der Waals surface area contributed by atoms with Gasteiger partial charge in [-0.2, -0.15) is 0 Å². The first-order valence-corrected chi connectivity index (χ1v) is 15.1. The van der Waals surface area contributed by atoms with E-state index in [-0.39, 0.29) is 17.5 Å². The number of carbonyl (C=O) groups excluding carboxylic acids is 1. The van der Waals surface area contributed by atoms with Gasteiger partial charge < -0.3 is 4.74 Å². The Hall–Kier alpha value is -1.90. The van der Waals surface area contributed by atoms with E-state index in [0.29, 0.717) is 12.3 Å². The third-order valence-corrected chi connectivity index (χ3v) is 10.2. The van der Waals surface area contributed by atoms with Crippen molar-refractivity contribution in [2.45, 2.75) is 116 Å². The first kappa shape index (κ1) is 25.7. The van der Waals surface area contributed by atoms with Crippen LogP contribution in [0.15, 0.2) is 42.3 Å².